The van der Waals surface area contributed by atoms with E-state index in [0.717, 1.165) is 5.56 Å². The summed E-state index contributed by atoms with van der Waals surface area (Å²) in [6.45, 7) is 0.462. The van der Waals surface area contributed by atoms with Crippen molar-refractivity contribution in [3.05, 3.63) is 94.0 Å². The summed E-state index contributed by atoms with van der Waals surface area (Å²) < 4.78 is 27.3. The fraction of sp³-hybridized carbons (Fsp3) is 0.0952. The number of nitrogens with one attached hydrogen (secondary N) is 2. The maximum Gasteiger partial charge on any atom is 0.261 e. The van der Waals surface area contributed by atoms with Gasteiger partial charge in [-0.2, -0.15) is 0 Å². The summed E-state index contributed by atoms with van der Waals surface area (Å²) >= 11 is 12.0. The first-order valence-electron chi connectivity index (χ1n) is 8.75. The van der Waals surface area contributed by atoms with Crippen LogP contribution in [0.15, 0.2) is 77.7 Å². The Morgan fingerprint density at radius 3 is 2.24 bits per heavy atom. The lowest BCUT2D eigenvalue weighted by atomic mass is 10.1. The third-order valence-corrected chi connectivity index (χ3v) is 6.09. The number of anilines is 1. The zero-order valence-electron chi connectivity index (χ0n) is 15.2. The number of hydrogen-bond acceptors (Lipinski definition) is 3. The zero-order valence-corrected chi connectivity index (χ0v) is 17.6. The van der Waals surface area contributed by atoms with E-state index in [9.17, 15) is 13.2 Å². The fourth-order valence-electron chi connectivity index (χ4n) is 2.65. The molecule has 150 valence electrons. The van der Waals surface area contributed by atoms with Gasteiger partial charge >= 0.3 is 0 Å². The SMILES string of the molecule is O=C(NCCc1ccccc1)c1ccc(NS(=O)(=O)c2ccc(Cl)cc2)cc1Cl. The second-order valence-electron chi connectivity index (χ2n) is 6.25. The monoisotopic (exact) mass is 448 g/mol. The third-order valence-electron chi connectivity index (χ3n) is 4.13. The molecule has 2 N–H and O–H groups in total. The van der Waals surface area contributed by atoms with Crippen LogP contribution < -0.4 is 10.0 Å². The average Bonchev–Trinajstić information content (AvgIpc) is 2.69. The molecule has 3 rings (SSSR count). The molecule has 0 fully saturated rings. The summed E-state index contributed by atoms with van der Waals surface area (Å²) in [5.74, 6) is -0.321. The lowest BCUT2D eigenvalue weighted by Gasteiger charge is -2.11. The molecule has 0 aliphatic heterocycles. The molecule has 0 saturated heterocycles. The molecule has 3 aromatic rings. The van der Waals surface area contributed by atoms with Crippen LogP contribution in [0.25, 0.3) is 0 Å². The van der Waals surface area contributed by atoms with Gasteiger partial charge in [0, 0.05) is 11.6 Å². The topological polar surface area (TPSA) is 75.3 Å². The van der Waals surface area contributed by atoms with Crippen molar-refractivity contribution < 1.29 is 13.2 Å². The summed E-state index contributed by atoms with van der Waals surface area (Å²) in [5.41, 5.74) is 1.64. The standard InChI is InChI=1S/C21H18Cl2N2O3S/c22-16-6-9-18(10-7-16)29(27,28)25-17-8-11-19(20(23)14-17)21(26)24-13-12-15-4-2-1-3-5-15/h1-11,14,25H,12-13H2,(H,24,26). The number of rotatable bonds is 7. The normalized spacial score (nSPS) is 11.1. The van der Waals surface area contributed by atoms with Crippen molar-refractivity contribution in [2.24, 2.45) is 0 Å². The van der Waals surface area contributed by atoms with E-state index in [4.69, 9.17) is 23.2 Å². The maximum absolute atomic E-state index is 12.4. The van der Waals surface area contributed by atoms with Crippen molar-refractivity contribution in [3.63, 3.8) is 0 Å². The molecule has 0 spiro atoms. The van der Waals surface area contributed by atoms with Crippen molar-refractivity contribution in [3.8, 4) is 0 Å². The predicted octanol–water partition coefficient (Wildman–Crippen LogP) is 4.77. The Bertz CT molecular complexity index is 1100. The van der Waals surface area contributed by atoms with Crippen LogP contribution in [0.2, 0.25) is 10.0 Å². The first kappa shape index (κ1) is 21.2. The Kier molecular flexibility index (Phi) is 6.79. The van der Waals surface area contributed by atoms with Crippen LogP contribution in [0.5, 0.6) is 0 Å². The summed E-state index contributed by atoms with van der Waals surface area (Å²) in [5, 5.41) is 3.40. The number of halogens is 2. The minimum absolute atomic E-state index is 0.0701. The van der Waals surface area contributed by atoms with E-state index in [2.05, 4.69) is 10.0 Å². The van der Waals surface area contributed by atoms with Crippen molar-refractivity contribution in [2.45, 2.75) is 11.3 Å². The van der Waals surface area contributed by atoms with Crippen LogP contribution in [0.4, 0.5) is 5.69 Å². The highest BCUT2D eigenvalue weighted by atomic mass is 35.5. The van der Waals surface area contributed by atoms with Crippen molar-refractivity contribution in [2.75, 3.05) is 11.3 Å². The molecule has 8 heteroatoms. The molecule has 0 unspecified atom stereocenters. The van der Waals surface area contributed by atoms with Gasteiger partial charge in [0.05, 0.1) is 21.2 Å². The third kappa shape index (κ3) is 5.73. The zero-order chi connectivity index (χ0) is 20.9. The van der Waals surface area contributed by atoms with Gasteiger partial charge in [-0.25, -0.2) is 8.42 Å². The molecule has 3 aromatic carbocycles. The van der Waals surface area contributed by atoms with Crippen LogP contribution in [0.1, 0.15) is 15.9 Å². The minimum atomic E-state index is -3.79. The van der Waals surface area contributed by atoms with Gasteiger partial charge in [-0.05, 0) is 54.4 Å². The van der Waals surface area contributed by atoms with Crippen molar-refractivity contribution in [1.82, 2.24) is 5.32 Å². The highest BCUT2D eigenvalue weighted by molar-refractivity contribution is 7.92. The number of sulfonamides is 1. The van der Waals surface area contributed by atoms with Gasteiger partial charge in [-0.1, -0.05) is 53.5 Å². The minimum Gasteiger partial charge on any atom is -0.352 e. The fourth-order valence-corrected chi connectivity index (χ4v) is 4.09. The number of hydrogen-bond donors (Lipinski definition) is 2. The number of carbonyl (C=O) groups is 1. The Morgan fingerprint density at radius 1 is 0.897 bits per heavy atom. The summed E-state index contributed by atoms with van der Waals surface area (Å²) in [7, 11) is -3.79. The lowest BCUT2D eigenvalue weighted by Crippen LogP contribution is -2.26. The van der Waals surface area contributed by atoms with Gasteiger partial charge in [-0.3, -0.25) is 9.52 Å². The Labute approximate surface area is 179 Å². The van der Waals surface area contributed by atoms with Crippen molar-refractivity contribution >= 4 is 44.8 Å². The molecule has 0 aliphatic rings. The van der Waals surface area contributed by atoms with Crippen LogP contribution >= 0.6 is 23.2 Å². The summed E-state index contributed by atoms with van der Waals surface area (Å²) in [4.78, 5) is 12.4. The van der Waals surface area contributed by atoms with Gasteiger partial charge in [0.2, 0.25) is 0 Å². The Balaban J connectivity index is 1.64. The first-order valence-corrected chi connectivity index (χ1v) is 11.0. The molecule has 0 saturated carbocycles. The van der Waals surface area contributed by atoms with Gasteiger partial charge in [-0.15, -0.1) is 0 Å². The Morgan fingerprint density at radius 2 is 1.59 bits per heavy atom. The molecule has 0 radical (unpaired) electrons. The van der Waals surface area contributed by atoms with Gasteiger partial charge in [0.1, 0.15) is 0 Å². The Hall–Kier alpha value is -2.54. The van der Waals surface area contributed by atoms with E-state index in [-0.39, 0.29) is 27.1 Å². The highest BCUT2D eigenvalue weighted by Crippen LogP contribution is 2.24. The van der Waals surface area contributed by atoms with Gasteiger partial charge in [0.15, 0.2) is 0 Å². The lowest BCUT2D eigenvalue weighted by molar-refractivity contribution is 0.0954. The number of benzene rings is 3. The molecule has 1 amide bonds. The highest BCUT2D eigenvalue weighted by Gasteiger charge is 2.16. The van der Waals surface area contributed by atoms with Crippen LogP contribution in [-0.2, 0) is 16.4 Å². The molecule has 5 nitrogen and oxygen atoms in total. The van der Waals surface area contributed by atoms with Gasteiger partial charge < -0.3 is 5.32 Å². The average molecular weight is 449 g/mol. The second kappa shape index (κ2) is 9.31. The molecule has 0 heterocycles. The van der Waals surface area contributed by atoms with E-state index in [0.29, 0.717) is 18.0 Å². The molecule has 29 heavy (non-hydrogen) atoms. The van der Waals surface area contributed by atoms with E-state index in [1.807, 2.05) is 30.3 Å². The first-order chi connectivity index (χ1) is 13.8. The molecule has 0 aliphatic carbocycles. The largest absolute Gasteiger partial charge is 0.352 e. The van der Waals surface area contributed by atoms with E-state index in [1.54, 1.807) is 0 Å². The molecule has 0 bridgehead atoms. The van der Waals surface area contributed by atoms with Crippen LogP contribution in [0.3, 0.4) is 0 Å². The summed E-state index contributed by atoms with van der Waals surface area (Å²) in [6, 6.07) is 20.0. The molecule has 0 atom stereocenters. The smallest absolute Gasteiger partial charge is 0.261 e. The van der Waals surface area contributed by atoms with Crippen LogP contribution in [0, 0.1) is 0 Å². The quantitative estimate of drug-likeness (QED) is 0.546. The molecular formula is C21H18Cl2N2O3S. The number of amides is 1. The number of carbonyl (C=O) groups excluding carboxylic acids is 1. The van der Waals surface area contributed by atoms with Crippen LogP contribution in [-0.4, -0.2) is 20.9 Å². The van der Waals surface area contributed by atoms with E-state index >= 15 is 0 Å². The van der Waals surface area contributed by atoms with Gasteiger partial charge in [0.25, 0.3) is 15.9 Å². The second-order valence-corrected chi connectivity index (χ2v) is 8.77. The van der Waals surface area contributed by atoms with E-state index < -0.39 is 10.0 Å². The summed E-state index contributed by atoms with van der Waals surface area (Å²) in [6.07, 6.45) is 0.698. The maximum atomic E-state index is 12.4. The molecule has 0 aromatic heterocycles. The molecular weight excluding hydrogens is 431 g/mol. The van der Waals surface area contributed by atoms with Crippen molar-refractivity contribution in [1.29, 1.82) is 0 Å². The predicted molar refractivity (Wildman–Crippen MR) is 116 cm³/mol. The van der Waals surface area contributed by atoms with E-state index in [1.165, 1.54) is 42.5 Å².